The summed E-state index contributed by atoms with van der Waals surface area (Å²) in [5, 5.41) is 5.42. The number of benzene rings is 8. The summed E-state index contributed by atoms with van der Waals surface area (Å²) < 4.78 is 24.4. The molecule has 0 aliphatic carbocycles. The van der Waals surface area contributed by atoms with Crippen LogP contribution in [0, 0.1) is 0 Å². The second-order valence-electron chi connectivity index (χ2n) is 14.2. The number of rotatable bonds is 5. The van der Waals surface area contributed by atoms with Gasteiger partial charge in [-0.3, -0.25) is 4.21 Å². The van der Waals surface area contributed by atoms with Crippen LogP contribution in [-0.2, 0) is 10.1 Å². The number of hydrogen-bond acceptors (Lipinski definition) is 1. The van der Waals surface area contributed by atoms with Gasteiger partial charge in [-0.15, -0.1) is 0 Å². The lowest BCUT2D eigenvalue weighted by Gasteiger charge is -2.38. The van der Waals surface area contributed by atoms with Gasteiger partial charge >= 0.3 is 0 Å². The molecule has 11 rings (SSSR count). The van der Waals surface area contributed by atoms with Crippen molar-refractivity contribution >= 4 is 70.0 Å². The van der Waals surface area contributed by atoms with E-state index in [0.29, 0.717) is 0 Å². The van der Waals surface area contributed by atoms with Gasteiger partial charge in [0.1, 0.15) is 5.03 Å². The van der Waals surface area contributed by atoms with Gasteiger partial charge in [0.25, 0.3) is 0 Å². The van der Waals surface area contributed by atoms with Crippen molar-refractivity contribution in [3.63, 3.8) is 0 Å². The molecule has 5 heteroatoms. The molecule has 0 saturated heterocycles. The molecule has 0 bridgehead atoms. The number of nitrogens with zero attached hydrogens (tertiary/aromatic N) is 2. The van der Waals surface area contributed by atoms with E-state index in [9.17, 15) is 0 Å². The Labute approximate surface area is 319 Å². The Balaban J connectivity index is 1.19. The molecule has 1 aliphatic heterocycles. The molecule has 0 unspecified atom stereocenters. The summed E-state index contributed by atoms with van der Waals surface area (Å²) in [6.07, 6.45) is 0. The molecule has 262 valence electrons. The highest BCUT2D eigenvalue weighted by Crippen LogP contribution is 2.49. The van der Waals surface area contributed by atoms with Gasteiger partial charge in [-0.05, 0) is 83.4 Å². The minimum Gasteiger partial charge on any atom is -0.318 e. The molecule has 10 aromatic rings. The van der Waals surface area contributed by atoms with Crippen LogP contribution in [0.5, 0.6) is 0 Å². The van der Waals surface area contributed by atoms with Crippen molar-refractivity contribution in [3.8, 4) is 16.8 Å². The number of fused-ring (bicyclic) bond motifs is 7. The van der Waals surface area contributed by atoms with E-state index < -0.39 is 10.1 Å². The first kappa shape index (κ1) is 31.6. The van der Waals surface area contributed by atoms with Crippen molar-refractivity contribution in [3.05, 3.63) is 211 Å². The first-order chi connectivity index (χ1) is 27.2. The van der Waals surface area contributed by atoms with Crippen LogP contribution < -0.4 is 4.72 Å². The van der Waals surface area contributed by atoms with Crippen LogP contribution >= 0.6 is 0 Å². The van der Waals surface area contributed by atoms with Gasteiger partial charge < -0.3 is 13.9 Å². The monoisotopic (exact) mass is 725 g/mol. The zero-order chi connectivity index (χ0) is 36.5. The summed E-state index contributed by atoms with van der Waals surface area (Å²) in [6.45, 7) is 0. The Kier molecular flexibility index (Phi) is 7.06. The Morgan fingerprint density at radius 1 is 0.400 bits per heavy atom. The SMILES string of the molecule is O=[SH]1(c2ccccc2)Nc2ccccc2C(c2ccccc2)=C1n1c2ccccc2c2cc(-c3ccc4c(c3)c3ccccc3n4-c3ccccc3)ccc21. The molecule has 55 heavy (non-hydrogen) atoms. The Morgan fingerprint density at radius 3 is 1.55 bits per heavy atom. The Morgan fingerprint density at radius 2 is 0.891 bits per heavy atom. The molecule has 0 saturated carbocycles. The van der Waals surface area contributed by atoms with E-state index in [0.717, 1.165) is 70.9 Å². The lowest BCUT2D eigenvalue weighted by Crippen LogP contribution is -2.31. The van der Waals surface area contributed by atoms with E-state index >= 15 is 4.21 Å². The summed E-state index contributed by atoms with van der Waals surface area (Å²) in [4.78, 5) is 0.762. The minimum absolute atomic E-state index is 0.762. The predicted molar refractivity (Wildman–Crippen MR) is 232 cm³/mol. The quantitative estimate of drug-likeness (QED) is 0.170. The number of thiol groups is 1. The number of para-hydroxylation sites is 4. The maximum atomic E-state index is 16.1. The zero-order valence-corrected chi connectivity index (χ0v) is 30.7. The van der Waals surface area contributed by atoms with E-state index in [4.69, 9.17) is 0 Å². The average Bonchev–Trinajstić information content (AvgIpc) is 3.76. The zero-order valence-electron chi connectivity index (χ0n) is 29.8. The molecular formula is C50H35N3OS. The van der Waals surface area contributed by atoms with Gasteiger partial charge in [0.05, 0.1) is 27.8 Å². The van der Waals surface area contributed by atoms with E-state index in [1.165, 1.54) is 21.8 Å². The largest absolute Gasteiger partial charge is 0.318 e. The third kappa shape index (κ3) is 4.80. The van der Waals surface area contributed by atoms with Crippen LogP contribution in [0.25, 0.3) is 71.0 Å². The highest BCUT2D eigenvalue weighted by molar-refractivity contribution is 8.12. The molecule has 8 aromatic carbocycles. The molecule has 3 heterocycles. The van der Waals surface area contributed by atoms with Crippen LogP contribution in [0.2, 0.25) is 0 Å². The van der Waals surface area contributed by atoms with Gasteiger partial charge in [0, 0.05) is 53.4 Å². The normalized spacial score (nSPS) is 14.3. The molecule has 0 radical (unpaired) electrons. The van der Waals surface area contributed by atoms with Gasteiger partial charge in [0.2, 0.25) is 0 Å². The lowest BCUT2D eigenvalue weighted by molar-refractivity contribution is 0.679. The number of anilines is 1. The topological polar surface area (TPSA) is 39.0 Å². The molecule has 0 fully saturated rings. The van der Waals surface area contributed by atoms with Gasteiger partial charge in [0.15, 0.2) is 0 Å². The van der Waals surface area contributed by atoms with Crippen molar-refractivity contribution in [2.45, 2.75) is 4.90 Å². The molecule has 1 aliphatic rings. The maximum Gasteiger partial charge on any atom is 0.117 e. The number of aromatic nitrogens is 2. The van der Waals surface area contributed by atoms with Crippen LogP contribution in [0.1, 0.15) is 11.1 Å². The lowest BCUT2D eigenvalue weighted by atomic mass is 9.97. The predicted octanol–water partition coefficient (Wildman–Crippen LogP) is 12.3. The third-order valence-electron chi connectivity index (χ3n) is 11.1. The first-order valence-electron chi connectivity index (χ1n) is 18.6. The number of hydrogen-bond donors (Lipinski definition) is 2. The van der Waals surface area contributed by atoms with Crippen molar-refractivity contribution in [1.29, 1.82) is 0 Å². The van der Waals surface area contributed by atoms with Gasteiger partial charge in [-0.2, -0.15) is 0 Å². The van der Waals surface area contributed by atoms with Crippen LogP contribution in [0.3, 0.4) is 0 Å². The van der Waals surface area contributed by atoms with Crippen molar-refractivity contribution in [2.24, 2.45) is 0 Å². The molecule has 4 nitrogen and oxygen atoms in total. The summed E-state index contributed by atoms with van der Waals surface area (Å²) in [5.74, 6) is 0. The van der Waals surface area contributed by atoms with Gasteiger partial charge in [-0.25, -0.2) is 0 Å². The fraction of sp³-hybridized carbons (Fsp3) is 0. The molecule has 0 spiro atoms. The molecule has 0 amide bonds. The summed E-state index contributed by atoms with van der Waals surface area (Å²) in [5.41, 5.74) is 11.7. The molecule has 0 atom stereocenters. The fourth-order valence-electron chi connectivity index (χ4n) is 8.65. The Hall–Kier alpha value is -6.95. The van der Waals surface area contributed by atoms with Crippen molar-refractivity contribution < 1.29 is 4.21 Å². The molecule has 2 aromatic heterocycles. The fourth-order valence-corrected chi connectivity index (χ4v) is 11.3. The van der Waals surface area contributed by atoms with E-state index in [2.05, 4.69) is 166 Å². The second-order valence-corrected chi connectivity index (χ2v) is 16.6. The van der Waals surface area contributed by atoms with E-state index in [1.54, 1.807) is 0 Å². The van der Waals surface area contributed by atoms with Crippen molar-refractivity contribution in [1.82, 2.24) is 9.13 Å². The maximum absolute atomic E-state index is 16.1. The smallest absolute Gasteiger partial charge is 0.117 e. The summed E-state index contributed by atoms with van der Waals surface area (Å²) in [6, 6.07) is 69.9. The van der Waals surface area contributed by atoms with E-state index in [-0.39, 0.29) is 0 Å². The van der Waals surface area contributed by atoms with Gasteiger partial charge in [-0.1, -0.05) is 133 Å². The second kappa shape index (κ2) is 12.3. The minimum atomic E-state index is -3.48. The van der Waals surface area contributed by atoms with Crippen LogP contribution in [0.4, 0.5) is 5.69 Å². The first-order valence-corrected chi connectivity index (χ1v) is 20.3. The standard InChI is InChI=1S/C50H35N3OS/c54-55(38-20-8-3-9-21-38)50(49(34-16-4-1-5-17-34)41-24-10-13-25-44(41)51-55)53-46-27-15-12-23-40(46)43-33-36(29-31-48(43)53)35-28-30-47-42(32-35)39-22-11-14-26-45(39)52(47)37-18-6-2-7-19-37/h1-33,55H,(H,51,54). The van der Waals surface area contributed by atoms with Crippen molar-refractivity contribution in [2.75, 3.05) is 4.72 Å². The van der Waals surface area contributed by atoms with Crippen LogP contribution in [0.15, 0.2) is 205 Å². The highest BCUT2D eigenvalue weighted by Gasteiger charge is 2.36. The number of nitrogens with one attached hydrogen (secondary N) is 1. The van der Waals surface area contributed by atoms with E-state index in [1.807, 2.05) is 48.5 Å². The van der Waals surface area contributed by atoms with Crippen LogP contribution in [-0.4, -0.2) is 13.3 Å². The summed E-state index contributed by atoms with van der Waals surface area (Å²) in [7, 11) is -3.48. The third-order valence-corrected chi connectivity index (χ3v) is 13.7. The summed E-state index contributed by atoms with van der Waals surface area (Å²) >= 11 is 0. The highest BCUT2D eigenvalue weighted by atomic mass is 32.3. The molecular weight excluding hydrogens is 691 g/mol. The molecule has 1 N–H and O–H groups in total. The average molecular weight is 726 g/mol. The Bertz CT molecular complexity index is 3200.